The zero-order valence-electron chi connectivity index (χ0n) is 12.0. The molecule has 4 unspecified atom stereocenters. The van der Waals surface area contributed by atoms with E-state index < -0.39 is 0 Å². The van der Waals surface area contributed by atoms with Gasteiger partial charge in [0.05, 0.1) is 13.2 Å². The maximum Gasteiger partial charge on any atom is 0.171 e. The molecule has 3 fully saturated rings. The SMILES string of the molecule is C=C(C)C12CCC(C)C(C1)C1(CC2C)OCCO1. The van der Waals surface area contributed by atoms with Crippen molar-refractivity contribution >= 4 is 0 Å². The highest BCUT2D eigenvalue weighted by atomic mass is 16.7. The largest absolute Gasteiger partial charge is 0.347 e. The van der Waals surface area contributed by atoms with Crippen molar-refractivity contribution in [3.8, 4) is 0 Å². The lowest BCUT2D eigenvalue weighted by molar-refractivity contribution is -0.259. The first kappa shape index (κ1) is 12.7. The number of hydrogen-bond acceptors (Lipinski definition) is 2. The van der Waals surface area contributed by atoms with Crippen molar-refractivity contribution in [1.29, 1.82) is 0 Å². The van der Waals surface area contributed by atoms with Crippen LogP contribution >= 0.6 is 0 Å². The van der Waals surface area contributed by atoms with Gasteiger partial charge in [-0.3, -0.25) is 0 Å². The number of allylic oxidation sites excluding steroid dienone is 1. The van der Waals surface area contributed by atoms with Crippen LogP contribution < -0.4 is 0 Å². The van der Waals surface area contributed by atoms with Gasteiger partial charge in [-0.05, 0) is 43.4 Å². The molecule has 102 valence electrons. The highest BCUT2D eigenvalue weighted by Gasteiger charge is 2.59. The van der Waals surface area contributed by atoms with E-state index in [2.05, 4.69) is 27.4 Å². The van der Waals surface area contributed by atoms with Crippen LogP contribution in [0, 0.1) is 23.2 Å². The van der Waals surface area contributed by atoms with Crippen molar-refractivity contribution in [2.75, 3.05) is 13.2 Å². The molecule has 1 aliphatic heterocycles. The average Bonchev–Trinajstić information content (AvgIpc) is 2.77. The van der Waals surface area contributed by atoms with Crippen molar-refractivity contribution in [2.24, 2.45) is 23.2 Å². The van der Waals surface area contributed by atoms with Crippen LogP contribution in [0.4, 0.5) is 0 Å². The van der Waals surface area contributed by atoms with Gasteiger partial charge in [0, 0.05) is 12.3 Å². The molecule has 2 heteroatoms. The third-order valence-corrected chi connectivity index (χ3v) is 6.04. The molecule has 2 saturated carbocycles. The summed E-state index contributed by atoms with van der Waals surface area (Å²) in [6.45, 7) is 12.8. The van der Waals surface area contributed by atoms with Crippen LogP contribution in [0.3, 0.4) is 0 Å². The van der Waals surface area contributed by atoms with E-state index in [0.29, 0.717) is 23.2 Å². The van der Waals surface area contributed by atoms with Crippen LogP contribution in [0.25, 0.3) is 0 Å². The molecule has 0 aromatic carbocycles. The highest BCUT2D eigenvalue weighted by molar-refractivity contribution is 5.17. The Bertz CT molecular complexity index is 356. The zero-order chi connectivity index (χ0) is 13.0. The summed E-state index contributed by atoms with van der Waals surface area (Å²) in [6.07, 6.45) is 4.85. The van der Waals surface area contributed by atoms with E-state index in [1.54, 1.807) is 0 Å². The molecular formula is C16H26O2. The Morgan fingerprint density at radius 3 is 2.44 bits per heavy atom. The third-order valence-electron chi connectivity index (χ3n) is 6.04. The topological polar surface area (TPSA) is 18.5 Å². The second-order valence-corrected chi connectivity index (χ2v) is 6.88. The lowest BCUT2D eigenvalue weighted by Gasteiger charge is -2.58. The van der Waals surface area contributed by atoms with Gasteiger partial charge in [0.15, 0.2) is 5.79 Å². The molecule has 0 aromatic heterocycles. The van der Waals surface area contributed by atoms with E-state index in [1.165, 1.54) is 24.8 Å². The second-order valence-electron chi connectivity index (χ2n) is 6.88. The number of hydrogen-bond donors (Lipinski definition) is 0. The summed E-state index contributed by atoms with van der Waals surface area (Å²) in [4.78, 5) is 0. The van der Waals surface area contributed by atoms with Crippen LogP contribution in [0.1, 0.15) is 46.5 Å². The lowest BCUT2D eigenvalue weighted by Crippen LogP contribution is -2.56. The maximum absolute atomic E-state index is 6.08. The molecule has 4 atom stereocenters. The Morgan fingerprint density at radius 1 is 1.17 bits per heavy atom. The summed E-state index contributed by atoms with van der Waals surface area (Å²) >= 11 is 0. The fourth-order valence-corrected chi connectivity index (χ4v) is 4.80. The Hall–Kier alpha value is -0.340. The molecule has 2 nitrogen and oxygen atoms in total. The molecule has 1 spiro atoms. The molecule has 1 saturated heterocycles. The Labute approximate surface area is 111 Å². The number of ether oxygens (including phenoxy) is 2. The van der Waals surface area contributed by atoms with Crippen LogP contribution in [0.2, 0.25) is 0 Å². The van der Waals surface area contributed by atoms with E-state index in [-0.39, 0.29) is 5.79 Å². The van der Waals surface area contributed by atoms with Gasteiger partial charge in [0.1, 0.15) is 0 Å². The molecule has 18 heavy (non-hydrogen) atoms. The van der Waals surface area contributed by atoms with E-state index in [4.69, 9.17) is 9.47 Å². The van der Waals surface area contributed by atoms with Crippen molar-refractivity contribution in [2.45, 2.75) is 52.2 Å². The van der Waals surface area contributed by atoms with Crippen molar-refractivity contribution in [3.05, 3.63) is 12.2 Å². The van der Waals surface area contributed by atoms with E-state index >= 15 is 0 Å². The molecule has 3 rings (SSSR count). The van der Waals surface area contributed by atoms with E-state index in [0.717, 1.165) is 19.6 Å². The summed E-state index contributed by atoms with van der Waals surface area (Å²) in [6, 6.07) is 0. The molecule has 0 aromatic rings. The predicted octanol–water partition coefficient (Wildman–Crippen LogP) is 3.77. The summed E-state index contributed by atoms with van der Waals surface area (Å²) < 4.78 is 12.2. The number of fused-ring (bicyclic) bond motifs is 3. The monoisotopic (exact) mass is 250 g/mol. The lowest BCUT2D eigenvalue weighted by atomic mass is 9.51. The van der Waals surface area contributed by atoms with Crippen molar-refractivity contribution in [1.82, 2.24) is 0 Å². The molecule has 2 bridgehead atoms. The first-order chi connectivity index (χ1) is 8.50. The Morgan fingerprint density at radius 2 is 1.83 bits per heavy atom. The fraction of sp³-hybridized carbons (Fsp3) is 0.875. The van der Waals surface area contributed by atoms with Crippen molar-refractivity contribution in [3.63, 3.8) is 0 Å². The van der Waals surface area contributed by atoms with Gasteiger partial charge in [0.25, 0.3) is 0 Å². The smallest absolute Gasteiger partial charge is 0.171 e. The minimum Gasteiger partial charge on any atom is -0.347 e. The van der Waals surface area contributed by atoms with Crippen molar-refractivity contribution < 1.29 is 9.47 Å². The minimum atomic E-state index is -0.266. The predicted molar refractivity (Wildman–Crippen MR) is 72.2 cm³/mol. The van der Waals surface area contributed by atoms with Gasteiger partial charge in [-0.15, -0.1) is 0 Å². The third kappa shape index (κ3) is 1.55. The van der Waals surface area contributed by atoms with Crippen LogP contribution in [-0.4, -0.2) is 19.0 Å². The second kappa shape index (κ2) is 4.08. The highest BCUT2D eigenvalue weighted by Crippen LogP contribution is 2.61. The van der Waals surface area contributed by atoms with E-state index in [9.17, 15) is 0 Å². The minimum absolute atomic E-state index is 0.266. The molecular weight excluding hydrogens is 224 g/mol. The molecule has 3 aliphatic rings. The standard InChI is InChI=1S/C16H26O2/c1-11(2)15-6-5-12(3)14(10-15)16(9-13(15)4)17-7-8-18-16/h12-14H,1,5-10H2,2-4H3. The fourth-order valence-electron chi connectivity index (χ4n) is 4.80. The van der Waals surface area contributed by atoms with Gasteiger partial charge >= 0.3 is 0 Å². The normalized spacial score (nSPS) is 46.3. The zero-order valence-corrected chi connectivity index (χ0v) is 12.0. The first-order valence-corrected chi connectivity index (χ1v) is 7.44. The molecule has 0 amide bonds. The molecule has 0 radical (unpaired) electrons. The van der Waals surface area contributed by atoms with Crippen LogP contribution in [0.15, 0.2) is 12.2 Å². The summed E-state index contributed by atoms with van der Waals surface area (Å²) in [5, 5.41) is 0. The van der Waals surface area contributed by atoms with Gasteiger partial charge in [-0.1, -0.05) is 26.0 Å². The van der Waals surface area contributed by atoms with Gasteiger partial charge in [0.2, 0.25) is 0 Å². The average molecular weight is 250 g/mol. The summed E-state index contributed by atoms with van der Waals surface area (Å²) in [5.41, 5.74) is 1.72. The van der Waals surface area contributed by atoms with Crippen LogP contribution in [-0.2, 0) is 9.47 Å². The quantitative estimate of drug-likeness (QED) is 0.660. The van der Waals surface area contributed by atoms with Gasteiger partial charge in [-0.25, -0.2) is 0 Å². The molecule has 0 N–H and O–H groups in total. The maximum atomic E-state index is 6.08. The Balaban J connectivity index is 1.96. The van der Waals surface area contributed by atoms with Gasteiger partial charge in [-0.2, -0.15) is 0 Å². The number of rotatable bonds is 1. The van der Waals surface area contributed by atoms with Crippen LogP contribution in [0.5, 0.6) is 0 Å². The van der Waals surface area contributed by atoms with Gasteiger partial charge < -0.3 is 9.47 Å². The van der Waals surface area contributed by atoms with E-state index in [1.807, 2.05) is 0 Å². The summed E-state index contributed by atoms with van der Waals surface area (Å²) in [7, 11) is 0. The summed E-state index contributed by atoms with van der Waals surface area (Å²) in [5.74, 6) is 1.62. The Kier molecular flexibility index (Phi) is 2.87. The molecule has 2 aliphatic carbocycles. The molecule has 1 heterocycles. The first-order valence-electron chi connectivity index (χ1n) is 7.44.